The lowest BCUT2D eigenvalue weighted by molar-refractivity contribution is -0.105. The Bertz CT molecular complexity index is 1190. The Labute approximate surface area is 194 Å². The number of aldehydes is 1. The summed E-state index contributed by atoms with van der Waals surface area (Å²) in [6.45, 7) is 1.35. The molecule has 9 nitrogen and oxygen atoms in total. The predicted octanol–water partition coefficient (Wildman–Crippen LogP) is 2.96. The van der Waals surface area contributed by atoms with Gasteiger partial charge in [-0.25, -0.2) is 4.68 Å². The second-order valence-corrected chi connectivity index (χ2v) is 8.14. The van der Waals surface area contributed by atoms with Crippen molar-refractivity contribution in [2.45, 2.75) is 0 Å². The summed E-state index contributed by atoms with van der Waals surface area (Å²) in [5.74, 6) is 0.703. The van der Waals surface area contributed by atoms with Gasteiger partial charge in [0.25, 0.3) is 0 Å². The predicted molar refractivity (Wildman–Crippen MR) is 130 cm³/mol. The van der Waals surface area contributed by atoms with E-state index < -0.39 is 0 Å². The number of nitrogens with zero attached hydrogens (tertiary/aromatic N) is 4. The van der Waals surface area contributed by atoms with E-state index >= 15 is 0 Å². The number of allylic oxidation sites excluding steroid dienone is 3. The van der Waals surface area contributed by atoms with E-state index in [1.807, 2.05) is 39.3 Å². The van der Waals surface area contributed by atoms with Crippen molar-refractivity contribution in [3.63, 3.8) is 0 Å². The lowest BCUT2D eigenvalue weighted by atomic mass is 10.1. The third-order valence-corrected chi connectivity index (χ3v) is 5.31. The standard InChI is InChI=1S/C22H26BrN7O2/c1-25-20(13-31)15(21(23)24)6-8-19-16-11-14(5-7-18(16)27-28-19)17-12-26-30(4)22(17)32-10-9-29(2)3/h5-8,11-13,24-25H,9-10H2,1-4H3,(H,27,28)/b8-6+,20-15-,24-21?. The van der Waals surface area contributed by atoms with Gasteiger partial charge in [-0.05, 0) is 59.9 Å². The number of ether oxygens (including phenoxy) is 1. The van der Waals surface area contributed by atoms with Gasteiger partial charge in [-0.2, -0.15) is 10.2 Å². The van der Waals surface area contributed by atoms with Crippen LogP contribution in [-0.4, -0.2) is 70.1 Å². The summed E-state index contributed by atoms with van der Waals surface area (Å²) in [4.78, 5) is 13.4. The van der Waals surface area contributed by atoms with Gasteiger partial charge in [-0.1, -0.05) is 6.07 Å². The highest BCUT2D eigenvalue weighted by Crippen LogP contribution is 2.32. The summed E-state index contributed by atoms with van der Waals surface area (Å²) in [5.41, 5.74) is 4.15. The molecule has 3 rings (SSSR count). The lowest BCUT2D eigenvalue weighted by Gasteiger charge is -2.12. The van der Waals surface area contributed by atoms with Gasteiger partial charge < -0.3 is 15.0 Å². The number of carbonyl (C=O) groups excluding carboxylic acids is 1. The van der Waals surface area contributed by atoms with Gasteiger partial charge in [0.1, 0.15) is 11.2 Å². The number of carbonyl (C=O) groups is 1. The number of likely N-dealkylation sites (N-methyl/N-ethyl adjacent to an activating group) is 2. The van der Waals surface area contributed by atoms with Gasteiger partial charge in [-0.15, -0.1) is 0 Å². The highest BCUT2D eigenvalue weighted by Gasteiger charge is 2.14. The second kappa shape index (κ2) is 10.4. The number of aromatic amines is 1. The van der Waals surface area contributed by atoms with Crippen molar-refractivity contribution in [2.75, 3.05) is 34.3 Å². The van der Waals surface area contributed by atoms with E-state index in [0.29, 0.717) is 30.0 Å². The number of benzene rings is 1. The molecule has 0 bridgehead atoms. The van der Waals surface area contributed by atoms with Crippen LogP contribution >= 0.6 is 15.9 Å². The van der Waals surface area contributed by atoms with Crippen molar-refractivity contribution >= 4 is 43.8 Å². The number of halogens is 1. The fourth-order valence-electron chi connectivity index (χ4n) is 3.15. The first-order valence-corrected chi connectivity index (χ1v) is 10.7. The van der Waals surface area contributed by atoms with E-state index in [1.54, 1.807) is 30.1 Å². The molecule has 0 radical (unpaired) electrons. The van der Waals surface area contributed by atoms with Gasteiger partial charge in [-0.3, -0.25) is 15.3 Å². The zero-order valence-electron chi connectivity index (χ0n) is 18.4. The monoisotopic (exact) mass is 499 g/mol. The average Bonchev–Trinajstić information content (AvgIpc) is 3.33. The highest BCUT2D eigenvalue weighted by atomic mass is 79.9. The number of rotatable bonds is 10. The Balaban J connectivity index is 1.98. The SMILES string of the molecule is CN/C(C=O)=C(/C=C/c1[nH]nc2ccc(-c3cnn(C)c3OCCN(C)C)cc12)C(=N)Br. The van der Waals surface area contributed by atoms with Crippen LogP contribution in [-0.2, 0) is 11.8 Å². The van der Waals surface area contributed by atoms with Crippen molar-refractivity contribution in [1.82, 2.24) is 30.2 Å². The van der Waals surface area contributed by atoms with E-state index in [2.05, 4.69) is 41.4 Å². The molecular weight excluding hydrogens is 474 g/mol. The third kappa shape index (κ3) is 5.14. The van der Waals surface area contributed by atoms with Crippen LogP contribution in [0.3, 0.4) is 0 Å². The van der Waals surface area contributed by atoms with Gasteiger partial charge in [0, 0.05) is 31.6 Å². The third-order valence-electron chi connectivity index (χ3n) is 4.89. The fourth-order valence-corrected chi connectivity index (χ4v) is 3.50. The lowest BCUT2D eigenvalue weighted by Crippen LogP contribution is -2.20. The number of hydrogen-bond donors (Lipinski definition) is 3. The van der Waals surface area contributed by atoms with Crippen molar-refractivity contribution in [3.05, 3.63) is 47.4 Å². The molecule has 0 aliphatic heterocycles. The van der Waals surface area contributed by atoms with E-state index in [4.69, 9.17) is 10.1 Å². The number of fused-ring (bicyclic) bond motifs is 1. The van der Waals surface area contributed by atoms with Crippen LogP contribution in [0.4, 0.5) is 0 Å². The maximum atomic E-state index is 11.3. The summed E-state index contributed by atoms with van der Waals surface area (Å²) in [7, 11) is 7.50. The van der Waals surface area contributed by atoms with Crippen molar-refractivity contribution < 1.29 is 9.53 Å². The van der Waals surface area contributed by atoms with Gasteiger partial charge >= 0.3 is 0 Å². The zero-order valence-corrected chi connectivity index (χ0v) is 20.0. The molecule has 2 aromatic heterocycles. The number of aromatic nitrogens is 4. The van der Waals surface area contributed by atoms with Crippen LogP contribution in [0.15, 0.2) is 41.7 Å². The normalized spacial score (nSPS) is 12.4. The van der Waals surface area contributed by atoms with Crippen molar-refractivity contribution in [1.29, 1.82) is 5.41 Å². The van der Waals surface area contributed by atoms with Crippen molar-refractivity contribution in [3.8, 4) is 17.0 Å². The van der Waals surface area contributed by atoms with Gasteiger partial charge in [0.05, 0.1) is 28.7 Å². The van der Waals surface area contributed by atoms with E-state index in [-0.39, 0.29) is 4.62 Å². The zero-order chi connectivity index (χ0) is 23.3. The van der Waals surface area contributed by atoms with Gasteiger partial charge in [0.2, 0.25) is 5.88 Å². The van der Waals surface area contributed by atoms with Crippen LogP contribution in [0.2, 0.25) is 0 Å². The van der Waals surface area contributed by atoms with Crippen LogP contribution in [0, 0.1) is 5.41 Å². The Morgan fingerprint density at radius 1 is 1.41 bits per heavy atom. The molecule has 0 fully saturated rings. The van der Waals surface area contributed by atoms with Crippen LogP contribution in [0.25, 0.3) is 28.1 Å². The molecule has 1 aromatic carbocycles. The molecule has 0 saturated carbocycles. The summed E-state index contributed by atoms with van der Waals surface area (Å²) >= 11 is 3.14. The number of aryl methyl sites for hydroxylation is 1. The van der Waals surface area contributed by atoms with Gasteiger partial charge in [0.15, 0.2) is 6.29 Å². The minimum atomic E-state index is 0.101. The first-order valence-electron chi connectivity index (χ1n) is 9.93. The topological polar surface area (TPSA) is 112 Å². The molecule has 32 heavy (non-hydrogen) atoms. The quantitative estimate of drug-likeness (QED) is 0.171. The molecule has 0 spiro atoms. The smallest absolute Gasteiger partial charge is 0.219 e. The Morgan fingerprint density at radius 2 is 2.19 bits per heavy atom. The first-order chi connectivity index (χ1) is 15.3. The largest absolute Gasteiger partial charge is 0.476 e. The summed E-state index contributed by atoms with van der Waals surface area (Å²) in [6.07, 6.45) is 5.95. The van der Waals surface area contributed by atoms with E-state index in [9.17, 15) is 4.79 Å². The minimum absolute atomic E-state index is 0.101. The molecule has 0 unspecified atom stereocenters. The molecule has 3 N–H and O–H groups in total. The summed E-state index contributed by atoms with van der Waals surface area (Å²) in [5, 5.41) is 23.3. The molecule has 0 aliphatic rings. The molecule has 0 amide bonds. The van der Waals surface area contributed by atoms with Crippen LogP contribution in [0.5, 0.6) is 5.88 Å². The number of H-pyrrole nitrogens is 1. The summed E-state index contributed by atoms with van der Waals surface area (Å²) < 4.78 is 7.83. The van der Waals surface area contributed by atoms with Crippen LogP contribution in [0.1, 0.15) is 5.69 Å². The second-order valence-electron chi connectivity index (χ2n) is 7.35. The Kier molecular flexibility index (Phi) is 7.60. The molecule has 168 valence electrons. The average molecular weight is 500 g/mol. The first kappa shape index (κ1) is 23.4. The molecule has 3 aromatic rings. The van der Waals surface area contributed by atoms with E-state index in [1.165, 1.54) is 0 Å². The molecular formula is C22H26BrN7O2. The summed E-state index contributed by atoms with van der Waals surface area (Å²) in [6, 6.07) is 5.94. The van der Waals surface area contributed by atoms with E-state index in [0.717, 1.165) is 34.3 Å². The number of hydrogen-bond acceptors (Lipinski definition) is 7. The van der Waals surface area contributed by atoms with Crippen molar-refractivity contribution in [2.24, 2.45) is 7.05 Å². The number of nitrogens with one attached hydrogen (secondary N) is 3. The minimum Gasteiger partial charge on any atom is -0.476 e. The molecule has 10 heteroatoms. The Hall–Kier alpha value is -3.24. The Morgan fingerprint density at radius 3 is 2.84 bits per heavy atom. The maximum Gasteiger partial charge on any atom is 0.219 e. The molecule has 0 atom stereocenters. The maximum absolute atomic E-state index is 11.3. The fraction of sp³-hybridized carbons (Fsp3) is 0.273. The molecule has 2 heterocycles. The highest BCUT2D eigenvalue weighted by molar-refractivity contribution is 9.18. The van der Waals surface area contributed by atoms with Crippen LogP contribution < -0.4 is 10.1 Å². The molecule has 0 aliphatic carbocycles. The molecule has 0 saturated heterocycles.